The molecule has 0 aliphatic carbocycles. The highest BCUT2D eigenvalue weighted by molar-refractivity contribution is 5.41. The van der Waals surface area contributed by atoms with Crippen molar-refractivity contribution in [2.45, 2.75) is 26.8 Å². The average molecular weight is 278 g/mol. The van der Waals surface area contributed by atoms with Gasteiger partial charge in [0.05, 0.1) is 24.5 Å². The Hall–Kier alpha value is -1.95. The second-order valence-corrected chi connectivity index (χ2v) is 4.57. The van der Waals surface area contributed by atoms with Gasteiger partial charge in [-0.3, -0.25) is 0 Å². The molecule has 0 aliphatic heterocycles. The van der Waals surface area contributed by atoms with Crippen molar-refractivity contribution >= 4 is 0 Å². The van der Waals surface area contributed by atoms with Crippen LogP contribution in [0.2, 0.25) is 0 Å². The molecule has 5 nitrogen and oxygen atoms in total. The van der Waals surface area contributed by atoms with Gasteiger partial charge in [-0.05, 0) is 32.5 Å². The lowest BCUT2D eigenvalue weighted by Crippen LogP contribution is -2.19. The Morgan fingerprint density at radius 1 is 1.45 bits per heavy atom. The summed E-state index contributed by atoms with van der Waals surface area (Å²) in [6.07, 6.45) is 0. The number of halogens is 1. The van der Waals surface area contributed by atoms with Crippen molar-refractivity contribution in [2.75, 3.05) is 13.7 Å². The van der Waals surface area contributed by atoms with E-state index in [0.717, 1.165) is 23.6 Å². The predicted molar refractivity (Wildman–Crippen MR) is 74.7 cm³/mol. The molecule has 2 aromatic rings. The second-order valence-electron chi connectivity index (χ2n) is 4.57. The normalized spacial score (nSPS) is 12.4. The average Bonchev–Trinajstić information content (AvgIpc) is 2.81. The van der Waals surface area contributed by atoms with Gasteiger partial charge in [-0.25, -0.2) is 9.07 Å². The summed E-state index contributed by atoms with van der Waals surface area (Å²) < 4.78 is 20.1. The number of methoxy groups -OCH3 is 1. The molecular weight excluding hydrogens is 259 g/mol. The standard InChI is InChI=1S/C14H19FN4O/c1-5-16-9(2)14-10(3)19(18-17-14)11-6-7-12(15)13(8-11)20-4/h6-9,16H,5H2,1-4H3. The molecule has 1 aromatic heterocycles. The van der Waals surface area contributed by atoms with Crippen molar-refractivity contribution in [3.8, 4) is 11.4 Å². The van der Waals surface area contributed by atoms with Crippen LogP contribution in [0.3, 0.4) is 0 Å². The van der Waals surface area contributed by atoms with Crippen LogP contribution in [-0.2, 0) is 0 Å². The fourth-order valence-electron chi connectivity index (χ4n) is 2.17. The number of ether oxygens (including phenoxy) is 1. The molecule has 0 fully saturated rings. The summed E-state index contributed by atoms with van der Waals surface area (Å²) in [5.41, 5.74) is 2.53. The lowest BCUT2D eigenvalue weighted by atomic mass is 10.2. The van der Waals surface area contributed by atoms with Gasteiger partial charge in [0.1, 0.15) is 5.69 Å². The largest absolute Gasteiger partial charge is 0.494 e. The van der Waals surface area contributed by atoms with E-state index in [0.29, 0.717) is 0 Å². The molecule has 0 saturated carbocycles. The van der Waals surface area contributed by atoms with Gasteiger partial charge >= 0.3 is 0 Å². The maximum absolute atomic E-state index is 13.4. The molecule has 108 valence electrons. The first-order valence-electron chi connectivity index (χ1n) is 6.58. The third-order valence-electron chi connectivity index (χ3n) is 3.23. The van der Waals surface area contributed by atoms with Crippen LogP contribution >= 0.6 is 0 Å². The Morgan fingerprint density at radius 2 is 2.20 bits per heavy atom. The SMILES string of the molecule is CCNC(C)c1nnn(-c2ccc(F)c(OC)c2)c1C. The van der Waals surface area contributed by atoms with Gasteiger partial charge < -0.3 is 10.1 Å². The summed E-state index contributed by atoms with van der Waals surface area (Å²) in [6.45, 7) is 6.88. The molecule has 1 aromatic carbocycles. The molecule has 0 aliphatic rings. The first-order chi connectivity index (χ1) is 9.58. The molecule has 1 unspecified atom stereocenters. The molecule has 1 N–H and O–H groups in total. The lowest BCUT2D eigenvalue weighted by Gasteiger charge is -2.11. The molecule has 1 heterocycles. The van der Waals surface area contributed by atoms with Crippen LogP contribution in [0.4, 0.5) is 4.39 Å². The van der Waals surface area contributed by atoms with Gasteiger partial charge in [-0.15, -0.1) is 5.10 Å². The molecule has 0 amide bonds. The Labute approximate surface area is 117 Å². The number of hydrogen-bond donors (Lipinski definition) is 1. The van der Waals surface area contributed by atoms with E-state index < -0.39 is 5.82 Å². The maximum Gasteiger partial charge on any atom is 0.165 e. The van der Waals surface area contributed by atoms with E-state index in [1.54, 1.807) is 16.8 Å². The van der Waals surface area contributed by atoms with E-state index in [1.165, 1.54) is 13.2 Å². The molecule has 2 rings (SSSR count). The van der Waals surface area contributed by atoms with Crippen LogP contribution < -0.4 is 10.1 Å². The third kappa shape index (κ3) is 2.65. The first kappa shape index (κ1) is 14.5. The summed E-state index contributed by atoms with van der Waals surface area (Å²) in [6, 6.07) is 4.75. The van der Waals surface area contributed by atoms with Crippen molar-refractivity contribution in [1.82, 2.24) is 20.3 Å². The van der Waals surface area contributed by atoms with E-state index in [9.17, 15) is 4.39 Å². The van der Waals surface area contributed by atoms with Crippen LogP contribution in [0, 0.1) is 12.7 Å². The quantitative estimate of drug-likeness (QED) is 0.912. The molecule has 0 spiro atoms. The topological polar surface area (TPSA) is 52.0 Å². The summed E-state index contributed by atoms with van der Waals surface area (Å²) in [7, 11) is 1.44. The predicted octanol–water partition coefficient (Wildman–Crippen LogP) is 2.39. The third-order valence-corrected chi connectivity index (χ3v) is 3.23. The van der Waals surface area contributed by atoms with Gasteiger partial charge in [0.25, 0.3) is 0 Å². The first-order valence-corrected chi connectivity index (χ1v) is 6.58. The van der Waals surface area contributed by atoms with E-state index in [-0.39, 0.29) is 11.8 Å². The van der Waals surface area contributed by atoms with E-state index in [1.807, 2.05) is 20.8 Å². The Balaban J connectivity index is 2.39. The van der Waals surface area contributed by atoms with E-state index >= 15 is 0 Å². The van der Waals surface area contributed by atoms with E-state index in [4.69, 9.17) is 4.74 Å². The molecule has 6 heteroatoms. The lowest BCUT2D eigenvalue weighted by molar-refractivity contribution is 0.386. The van der Waals surface area contributed by atoms with Crippen LogP contribution in [0.25, 0.3) is 5.69 Å². The number of aromatic nitrogens is 3. The zero-order valence-electron chi connectivity index (χ0n) is 12.1. The minimum Gasteiger partial charge on any atom is -0.494 e. The summed E-state index contributed by atoms with van der Waals surface area (Å²) in [5.74, 6) is -0.200. The minimum absolute atomic E-state index is 0.121. The van der Waals surface area contributed by atoms with E-state index in [2.05, 4.69) is 15.6 Å². The summed E-state index contributed by atoms with van der Waals surface area (Å²) in [4.78, 5) is 0. The molecular formula is C14H19FN4O. The summed E-state index contributed by atoms with van der Waals surface area (Å²) >= 11 is 0. The van der Waals surface area contributed by atoms with Crippen molar-refractivity contribution in [1.29, 1.82) is 0 Å². The zero-order chi connectivity index (χ0) is 14.7. The van der Waals surface area contributed by atoms with Gasteiger partial charge in [0.2, 0.25) is 0 Å². The van der Waals surface area contributed by atoms with Crippen LogP contribution in [0.15, 0.2) is 18.2 Å². The minimum atomic E-state index is -0.393. The van der Waals surface area contributed by atoms with Crippen molar-refractivity contribution in [3.05, 3.63) is 35.4 Å². The highest BCUT2D eigenvalue weighted by atomic mass is 19.1. The Morgan fingerprint density at radius 3 is 2.85 bits per heavy atom. The second kappa shape index (κ2) is 6.00. The van der Waals surface area contributed by atoms with Crippen LogP contribution in [0.1, 0.15) is 31.3 Å². The fraction of sp³-hybridized carbons (Fsp3) is 0.429. The molecule has 0 bridgehead atoms. The number of nitrogens with one attached hydrogen (secondary N) is 1. The van der Waals surface area contributed by atoms with Crippen molar-refractivity contribution in [3.63, 3.8) is 0 Å². The number of benzene rings is 1. The zero-order valence-corrected chi connectivity index (χ0v) is 12.1. The van der Waals surface area contributed by atoms with Crippen molar-refractivity contribution in [2.24, 2.45) is 0 Å². The fourth-order valence-corrected chi connectivity index (χ4v) is 2.17. The Bertz CT molecular complexity index is 597. The van der Waals surface area contributed by atoms with Crippen LogP contribution in [-0.4, -0.2) is 28.6 Å². The number of nitrogens with zero attached hydrogens (tertiary/aromatic N) is 3. The molecule has 0 saturated heterocycles. The number of hydrogen-bond acceptors (Lipinski definition) is 4. The molecule has 1 atom stereocenters. The maximum atomic E-state index is 13.4. The smallest absolute Gasteiger partial charge is 0.165 e. The van der Waals surface area contributed by atoms with Gasteiger partial charge in [-0.2, -0.15) is 0 Å². The highest BCUT2D eigenvalue weighted by Crippen LogP contribution is 2.23. The van der Waals surface area contributed by atoms with Gasteiger partial charge in [-0.1, -0.05) is 12.1 Å². The van der Waals surface area contributed by atoms with Crippen molar-refractivity contribution < 1.29 is 9.13 Å². The molecule has 20 heavy (non-hydrogen) atoms. The van der Waals surface area contributed by atoms with Gasteiger partial charge in [0, 0.05) is 6.07 Å². The molecule has 0 radical (unpaired) electrons. The van der Waals surface area contributed by atoms with Gasteiger partial charge in [0.15, 0.2) is 11.6 Å². The summed E-state index contributed by atoms with van der Waals surface area (Å²) in [5, 5.41) is 11.6. The Kier molecular flexibility index (Phi) is 4.34. The monoisotopic (exact) mass is 278 g/mol. The van der Waals surface area contributed by atoms with Crippen LogP contribution in [0.5, 0.6) is 5.75 Å². The number of rotatable bonds is 5. The highest BCUT2D eigenvalue weighted by Gasteiger charge is 2.16.